The SMILES string of the molecule is CCCC/C=C\C/C=C\CCCCCCCC(=O)OC(COCCCCCCCC/C=C\CCCCCC)COP(=O)(O)OC1C(O)C(O)C(O)C(O)C1O. The van der Waals surface area contributed by atoms with Crippen LogP contribution in [-0.4, -0.2) is 98.9 Å². The van der Waals surface area contributed by atoms with E-state index in [9.17, 15) is 39.8 Å². The Balaban J connectivity index is 2.45. The predicted molar refractivity (Wildman–Crippen MR) is 216 cm³/mol. The molecule has 1 aliphatic rings. The lowest BCUT2D eigenvalue weighted by Gasteiger charge is -2.41. The normalized spacial score (nSPS) is 23.6. The monoisotopic (exact) mass is 805 g/mol. The van der Waals surface area contributed by atoms with Crippen molar-refractivity contribution in [3.05, 3.63) is 36.5 Å². The average Bonchev–Trinajstić information content (AvgIpc) is 3.17. The molecule has 0 aromatic rings. The van der Waals surface area contributed by atoms with Gasteiger partial charge in [-0.1, -0.05) is 127 Å². The van der Waals surface area contributed by atoms with Crippen molar-refractivity contribution in [1.82, 2.24) is 0 Å². The number of ether oxygens (including phenoxy) is 2. The molecule has 0 bridgehead atoms. The molecule has 1 aliphatic carbocycles. The summed E-state index contributed by atoms with van der Waals surface area (Å²) in [5.74, 6) is -0.495. The van der Waals surface area contributed by atoms with Crippen LogP contribution in [0.2, 0.25) is 0 Å². The third-order valence-corrected chi connectivity index (χ3v) is 10.7. The van der Waals surface area contributed by atoms with Gasteiger partial charge < -0.3 is 39.9 Å². The van der Waals surface area contributed by atoms with Crippen molar-refractivity contribution >= 4 is 13.8 Å². The molecule has 1 rings (SSSR count). The summed E-state index contributed by atoms with van der Waals surface area (Å²) in [4.78, 5) is 23.1. The Morgan fingerprint density at radius 2 is 1.04 bits per heavy atom. The van der Waals surface area contributed by atoms with E-state index < -0.39 is 63.1 Å². The smallest absolute Gasteiger partial charge is 0.457 e. The van der Waals surface area contributed by atoms with E-state index >= 15 is 0 Å². The Hall–Kier alpha value is -1.44. The molecule has 0 radical (unpaired) electrons. The maximum Gasteiger partial charge on any atom is 0.472 e. The summed E-state index contributed by atoms with van der Waals surface area (Å²) in [5.41, 5.74) is 0. The van der Waals surface area contributed by atoms with E-state index in [4.69, 9.17) is 18.5 Å². The van der Waals surface area contributed by atoms with Crippen molar-refractivity contribution in [2.24, 2.45) is 0 Å². The third-order valence-electron chi connectivity index (χ3n) is 9.74. The molecule has 13 heteroatoms. The van der Waals surface area contributed by atoms with Gasteiger partial charge in [-0.3, -0.25) is 13.8 Å². The van der Waals surface area contributed by atoms with Crippen LogP contribution in [0.3, 0.4) is 0 Å². The van der Waals surface area contributed by atoms with Gasteiger partial charge in [-0.2, -0.15) is 0 Å². The first-order valence-electron chi connectivity index (χ1n) is 21.3. The standard InChI is InChI=1S/C42H77O12P/c1-3-5-7-9-11-13-15-17-19-21-23-25-27-29-31-36(43)53-35(33-51-32-30-28-26-24-22-20-18-16-14-12-10-8-6-4-2)34-52-55(49,50)54-42-40(47)38(45)37(44)39(46)41(42)48/h9,11,14-17,35,37-42,44-48H,3-8,10,12-13,18-34H2,1-2H3,(H,49,50)/b11-9-,16-14-,17-15-. The van der Waals surface area contributed by atoms with E-state index in [1.54, 1.807) is 0 Å². The zero-order chi connectivity index (χ0) is 40.6. The number of hydrogen-bond acceptors (Lipinski definition) is 11. The molecule has 1 saturated carbocycles. The molecule has 0 spiro atoms. The molecule has 6 atom stereocenters. The fraction of sp³-hybridized carbons (Fsp3) is 0.833. The van der Waals surface area contributed by atoms with Gasteiger partial charge in [0, 0.05) is 13.0 Å². The maximum atomic E-state index is 12.8. The number of hydrogen-bond donors (Lipinski definition) is 6. The van der Waals surface area contributed by atoms with Crippen LogP contribution in [0.5, 0.6) is 0 Å². The Bertz CT molecular complexity index is 1050. The van der Waals surface area contributed by atoms with Crippen molar-refractivity contribution in [3.63, 3.8) is 0 Å². The first-order chi connectivity index (χ1) is 26.5. The molecule has 1 fully saturated rings. The number of aliphatic hydroxyl groups is 5. The van der Waals surface area contributed by atoms with Crippen molar-refractivity contribution in [2.45, 2.75) is 204 Å². The zero-order valence-electron chi connectivity index (χ0n) is 34.0. The molecule has 0 aromatic carbocycles. The summed E-state index contributed by atoms with van der Waals surface area (Å²) in [6.07, 6.45) is 25.0. The quantitative estimate of drug-likeness (QED) is 0.0157. The summed E-state index contributed by atoms with van der Waals surface area (Å²) in [6.45, 7) is 4.16. The molecule has 0 saturated heterocycles. The Morgan fingerprint density at radius 1 is 0.582 bits per heavy atom. The lowest BCUT2D eigenvalue weighted by molar-refractivity contribution is -0.220. The van der Waals surface area contributed by atoms with Crippen LogP contribution >= 0.6 is 7.82 Å². The van der Waals surface area contributed by atoms with Gasteiger partial charge in [0.05, 0.1) is 13.2 Å². The number of phosphoric acid groups is 1. The molecule has 55 heavy (non-hydrogen) atoms. The fourth-order valence-electron chi connectivity index (χ4n) is 6.25. The highest BCUT2D eigenvalue weighted by molar-refractivity contribution is 7.47. The summed E-state index contributed by atoms with van der Waals surface area (Å²) in [6, 6.07) is 0. The number of rotatable bonds is 35. The van der Waals surface area contributed by atoms with Gasteiger partial charge in [0.1, 0.15) is 42.7 Å². The minimum Gasteiger partial charge on any atom is -0.457 e. The first kappa shape index (κ1) is 51.6. The van der Waals surface area contributed by atoms with Crippen molar-refractivity contribution < 1.29 is 58.3 Å². The largest absolute Gasteiger partial charge is 0.472 e. The molecule has 6 N–H and O–H groups in total. The van der Waals surface area contributed by atoms with Crippen LogP contribution in [0.1, 0.15) is 162 Å². The summed E-state index contributed by atoms with van der Waals surface area (Å²) in [5, 5.41) is 50.1. The second-order valence-corrected chi connectivity index (χ2v) is 16.2. The van der Waals surface area contributed by atoms with Crippen LogP contribution < -0.4 is 0 Å². The molecule has 12 nitrogen and oxygen atoms in total. The maximum absolute atomic E-state index is 12.8. The van der Waals surface area contributed by atoms with E-state index in [0.717, 1.165) is 77.0 Å². The van der Waals surface area contributed by atoms with E-state index in [1.165, 1.54) is 57.8 Å². The van der Waals surface area contributed by atoms with E-state index in [-0.39, 0.29) is 13.0 Å². The van der Waals surface area contributed by atoms with E-state index in [2.05, 4.69) is 50.3 Å². The van der Waals surface area contributed by atoms with Gasteiger partial charge in [0.15, 0.2) is 0 Å². The van der Waals surface area contributed by atoms with Crippen LogP contribution in [0.25, 0.3) is 0 Å². The van der Waals surface area contributed by atoms with Crippen LogP contribution in [0.4, 0.5) is 0 Å². The molecular formula is C42H77O12P. The number of phosphoric ester groups is 1. The highest BCUT2D eigenvalue weighted by Gasteiger charge is 2.51. The predicted octanol–water partition coefficient (Wildman–Crippen LogP) is 7.92. The van der Waals surface area contributed by atoms with E-state index in [0.29, 0.717) is 13.0 Å². The van der Waals surface area contributed by atoms with Gasteiger partial charge in [0.25, 0.3) is 0 Å². The molecule has 322 valence electrons. The van der Waals surface area contributed by atoms with Gasteiger partial charge in [-0.05, 0) is 64.2 Å². The second kappa shape index (κ2) is 33.5. The van der Waals surface area contributed by atoms with Gasteiger partial charge >= 0.3 is 13.8 Å². The number of esters is 1. The molecule has 0 aromatic heterocycles. The Morgan fingerprint density at radius 3 is 1.60 bits per heavy atom. The zero-order valence-corrected chi connectivity index (χ0v) is 34.9. The number of allylic oxidation sites excluding steroid dienone is 6. The minimum absolute atomic E-state index is 0.0864. The molecular weight excluding hydrogens is 727 g/mol. The fourth-order valence-corrected chi connectivity index (χ4v) is 7.22. The van der Waals surface area contributed by atoms with Crippen LogP contribution in [0, 0.1) is 0 Å². The lowest BCUT2D eigenvalue weighted by Crippen LogP contribution is -2.64. The van der Waals surface area contributed by atoms with Gasteiger partial charge in [0.2, 0.25) is 0 Å². The average molecular weight is 805 g/mol. The molecule has 0 aliphatic heterocycles. The topological polar surface area (TPSA) is 192 Å². The van der Waals surface area contributed by atoms with Crippen molar-refractivity contribution in [3.8, 4) is 0 Å². The van der Waals surface area contributed by atoms with Crippen LogP contribution in [0.15, 0.2) is 36.5 Å². The van der Waals surface area contributed by atoms with Crippen molar-refractivity contribution in [2.75, 3.05) is 19.8 Å². The number of unbranched alkanes of at least 4 members (excludes halogenated alkanes) is 17. The second-order valence-electron chi connectivity index (χ2n) is 14.8. The highest BCUT2D eigenvalue weighted by atomic mass is 31.2. The van der Waals surface area contributed by atoms with Gasteiger partial charge in [-0.15, -0.1) is 0 Å². The number of carbonyl (C=O) groups is 1. The Labute approximate surface area is 332 Å². The lowest BCUT2D eigenvalue weighted by atomic mass is 9.85. The first-order valence-corrected chi connectivity index (χ1v) is 22.8. The Kier molecular flexibility index (Phi) is 31.4. The van der Waals surface area contributed by atoms with E-state index in [1.807, 2.05) is 0 Å². The van der Waals surface area contributed by atoms with Crippen molar-refractivity contribution in [1.29, 1.82) is 0 Å². The van der Waals surface area contributed by atoms with Crippen LogP contribution in [-0.2, 0) is 27.9 Å². The minimum atomic E-state index is -5.02. The summed E-state index contributed by atoms with van der Waals surface area (Å²) in [7, 11) is -5.02. The number of aliphatic hydroxyl groups excluding tert-OH is 5. The summed E-state index contributed by atoms with van der Waals surface area (Å²) < 4.78 is 34.1. The number of carbonyl (C=O) groups excluding carboxylic acids is 1. The summed E-state index contributed by atoms with van der Waals surface area (Å²) >= 11 is 0. The molecule has 0 heterocycles. The van der Waals surface area contributed by atoms with Gasteiger partial charge in [-0.25, -0.2) is 4.57 Å². The third kappa shape index (κ3) is 26.2. The highest BCUT2D eigenvalue weighted by Crippen LogP contribution is 2.47. The molecule has 6 unspecified atom stereocenters. The molecule has 0 amide bonds.